The zero-order chi connectivity index (χ0) is 10.3. The summed E-state index contributed by atoms with van der Waals surface area (Å²) in [6.45, 7) is 2.22. The summed E-state index contributed by atoms with van der Waals surface area (Å²) in [5.41, 5.74) is 2.93. The van der Waals surface area contributed by atoms with Crippen LogP contribution in [-0.2, 0) is 6.42 Å². The monoisotopic (exact) mass is 203 g/mol. The summed E-state index contributed by atoms with van der Waals surface area (Å²) in [5.74, 6) is 0. The molecule has 2 aliphatic heterocycles. The molecule has 80 valence electrons. The summed E-state index contributed by atoms with van der Waals surface area (Å²) >= 11 is 0. The van der Waals surface area contributed by atoms with Gasteiger partial charge in [-0.25, -0.2) is 0 Å². The molecule has 0 radical (unpaired) electrons. The van der Waals surface area contributed by atoms with E-state index in [-0.39, 0.29) is 6.10 Å². The van der Waals surface area contributed by atoms with Gasteiger partial charge in [0.2, 0.25) is 0 Å². The molecule has 0 bridgehead atoms. The van der Waals surface area contributed by atoms with Crippen molar-refractivity contribution in [3.05, 3.63) is 35.4 Å². The van der Waals surface area contributed by atoms with Crippen LogP contribution < -0.4 is 0 Å². The topological polar surface area (TPSA) is 23.5 Å². The maximum atomic E-state index is 9.75. The summed E-state index contributed by atoms with van der Waals surface area (Å²) in [6, 6.07) is 9.16. The number of aliphatic hydroxyl groups excluding tert-OH is 1. The van der Waals surface area contributed by atoms with Crippen LogP contribution in [0, 0.1) is 0 Å². The van der Waals surface area contributed by atoms with E-state index in [1.165, 1.54) is 17.5 Å². The Kier molecular flexibility index (Phi) is 2.26. The van der Waals surface area contributed by atoms with Gasteiger partial charge in [-0.05, 0) is 30.4 Å². The Morgan fingerprint density at radius 1 is 1.20 bits per heavy atom. The van der Waals surface area contributed by atoms with E-state index in [1.807, 2.05) is 0 Å². The van der Waals surface area contributed by atoms with Crippen LogP contribution in [0.4, 0.5) is 0 Å². The van der Waals surface area contributed by atoms with Gasteiger partial charge < -0.3 is 5.11 Å². The summed E-state index contributed by atoms with van der Waals surface area (Å²) in [6.07, 6.45) is 2.93. The largest absolute Gasteiger partial charge is 0.393 e. The van der Waals surface area contributed by atoms with E-state index < -0.39 is 0 Å². The lowest BCUT2D eigenvalue weighted by molar-refractivity contribution is 0.0361. The van der Waals surface area contributed by atoms with Crippen molar-refractivity contribution < 1.29 is 5.11 Å². The highest BCUT2D eigenvalue weighted by Crippen LogP contribution is 2.36. The molecule has 1 N–H and O–H groups in total. The van der Waals surface area contributed by atoms with Crippen LogP contribution in [0.5, 0.6) is 0 Å². The second-order valence-electron chi connectivity index (χ2n) is 4.68. The van der Waals surface area contributed by atoms with Crippen molar-refractivity contribution in [3.63, 3.8) is 0 Å². The summed E-state index contributed by atoms with van der Waals surface area (Å²) < 4.78 is 0. The molecule has 0 spiro atoms. The first-order chi connectivity index (χ1) is 7.34. The van der Waals surface area contributed by atoms with Crippen molar-refractivity contribution in [2.45, 2.75) is 31.4 Å². The van der Waals surface area contributed by atoms with Gasteiger partial charge in [0.15, 0.2) is 0 Å². The van der Waals surface area contributed by atoms with Gasteiger partial charge in [0.1, 0.15) is 0 Å². The van der Waals surface area contributed by atoms with Gasteiger partial charge in [-0.15, -0.1) is 0 Å². The Balaban J connectivity index is 1.96. The maximum absolute atomic E-state index is 9.75. The standard InChI is InChI=1S/C13H17NO/c15-11-6-8-14-7-5-10-3-1-2-4-12(10)13(14)9-11/h1-4,11,13,15H,5-9H2. The lowest BCUT2D eigenvalue weighted by Gasteiger charge is -2.42. The van der Waals surface area contributed by atoms with Gasteiger partial charge >= 0.3 is 0 Å². The van der Waals surface area contributed by atoms with Crippen molar-refractivity contribution >= 4 is 0 Å². The van der Waals surface area contributed by atoms with Gasteiger partial charge in [-0.1, -0.05) is 24.3 Å². The molecule has 3 rings (SSSR count). The summed E-state index contributed by atoms with van der Waals surface area (Å²) in [4.78, 5) is 2.52. The van der Waals surface area contributed by atoms with Crippen LogP contribution in [0.2, 0.25) is 0 Å². The fraction of sp³-hybridized carbons (Fsp3) is 0.538. The smallest absolute Gasteiger partial charge is 0.0570 e. The molecule has 0 saturated carbocycles. The number of hydrogen-bond donors (Lipinski definition) is 1. The van der Waals surface area contributed by atoms with E-state index in [0.29, 0.717) is 6.04 Å². The Hall–Kier alpha value is -0.860. The maximum Gasteiger partial charge on any atom is 0.0570 e. The van der Waals surface area contributed by atoms with Gasteiger partial charge in [-0.2, -0.15) is 0 Å². The zero-order valence-corrected chi connectivity index (χ0v) is 8.89. The van der Waals surface area contributed by atoms with Gasteiger partial charge in [-0.3, -0.25) is 4.90 Å². The molecule has 1 saturated heterocycles. The Bertz CT molecular complexity index is 363. The van der Waals surface area contributed by atoms with Gasteiger partial charge in [0.05, 0.1) is 6.10 Å². The number of aliphatic hydroxyl groups is 1. The highest BCUT2D eigenvalue weighted by atomic mass is 16.3. The first-order valence-electron chi connectivity index (χ1n) is 5.84. The first-order valence-corrected chi connectivity index (χ1v) is 5.84. The van der Waals surface area contributed by atoms with Crippen molar-refractivity contribution in [3.8, 4) is 0 Å². The second-order valence-corrected chi connectivity index (χ2v) is 4.68. The van der Waals surface area contributed by atoms with Crippen LogP contribution in [-0.4, -0.2) is 29.2 Å². The molecule has 1 aromatic rings. The van der Waals surface area contributed by atoms with E-state index in [0.717, 1.165) is 25.9 Å². The Morgan fingerprint density at radius 2 is 2.07 bits per heavy atom. The molecule has 0 aromatic heterocycles. The SMILES string of the molecule is OC1CCN2CCc3ccccc3C2C1. The van der Waals surface area contributed by atoms with Gasteiger partial charge in [0, 0.05) is 19.1 Å². The van der Waals surface area contributed by atoms with Crippen LogP contribution in [0.25, 0.3) is 0 Å². The third-order valence-electron chi connectivity index (χ3n) is 3.77. The molecule has 15 heavy (non-hydrogen) atoms. The summed E-state index contributed by atoms with van der Waals surface area (Å²) in [5, 5.41) is 9.75. The highest BCUT2D eigenvalue weighted by molar-refractivity contribution is 5.33. The molecule has 1 fully saturated rings. The molecule has 2 unspecified atom stereocenters. The van der Waals surface area contributed by atoms with E-state index in [2.05, 4.69) is 29.2 Å². The first kappa shape index (κ1) is 9.37. The van der Waals surface area contributed by atoms with E-state index in [1.54, 1.807) is 0 Å². The van der Waals surface area contributed by atoms with Crippen molar-refractivity contribution in [2.24, 2.45) is 0 Å². The molecular weight excluding hydrogens is 186 g/mol. The minimum Gasteiger partial charge on any atom is -0.393 e. The Labute approximate surface area is 90.5 Å². The number of benzene rings is 1. The van der Waals surface area contributed by atoms with E-state index in [4.69, 9.17) is 0 Å². The minimum absolute atomic E-state index is 0.0996. The average Bonchev–Trinajstić information content (AvgIpc) is 2.29. The van der Waals surface area contributed by atoms with Crippen molar-refractivity contribution in [2.75, 3.05) is 13.1 Å². The molecule has 2 aliphatic rings. The number of rotatable bonds is 0. The second kappa shape index (κ2) is 3.62. The number of piperidine rings is 1. The van der Waals surface area contributed by atoms with Crippen molar-refractivity contribution in [1.29, 1.82) is 0 Å². The molecule has 0 amide bonds. The van der Waals surface area contributed by atoms with E-state index >= 15 is 0 Å². The van der Waals surface area contributed by atoms with Crippen LogP contribution >= 0.6 is 0 Å². The predicted molar refractivity (Wildman–Crippen MR) is 59.7 cm³/mol. The number of hydrogen-bond acceptors (Lipinski definition) is 2. The predicted octanol–water partition coefficient (Wildman–Crippen LogP) is 1.74. The molecular formula is C13H17NO. The third-order valence-corrected chi connectivity index (χ3v) is 3.77. The normalized spacial score (nSPS) is 30.7. The third kappa shape index (κ3) is 1.58. The van der Waals surface area contributed by atoms with Crippen LogP contribution in [0.15, 0.2) is 24.3 Å². The lowest BCUT2D eigenvalue weighted by Crippen LogP contribution is -2.42. The van der Waals surface area contributed by atoms with E-state index in [9.17, 15) is 5.11 Å². The molecule has 2 atom stereocenters. The quantitative estimate of drug-likeness (QED) is 0.694. The molecule has 2 nitrogen and oxygen atoms in total. The van der Waals surface area contributed by atoms with Gasteiger partial charge in [0.25, 0.3) is 0 Å². The van der Waals surface area contributed by atoms with Crippen LogP contribution in [0.3, 0.4) is 0 Å². The van der Waals surface area contributed by atoms with Crippen LogP contribution in [0.1, 0.15) is 30.0 Å². The minimum atomic E-state index is -0.0996. The highest BCUT2D eigenvalue weighted by Gasteiger charge is 2.32. The fourth-order valence-corrected chi connectivity index (χ4v) is 2.94. The number of fused-ring (bicyclic) bond motifs is 3. The molecule has 2 heterocycles. The summed E-state index contributed by atoms with van der Waals surface area (Å²) in [7, 11) is 0. The molecule has 0 aliphatic carbocycles. The zero-order valence-electron chi connectivity index (χ0n) is 8.89. The lowest BCUT2D eigenvalue weighted by atomic mass is 9.86. The molecule has 2 heteroatoms. The average molecular weight is 203 g/mol. The number of nitrogens with zero attached hydrogens (tertiary/aromatic N) is 1. The molecule has 1 aromatic carbocycles. The van der Waals surface area contributed by atoms with Crippen molar-refractivity contribution in [1.82, 2.24) is 4.90 Å². The Morgan fingerprint density at radius 3 is 3.00 bits per heavy atom. The fourth-order valence-electron chi connectivity index (χ4n) is 2.94.